The molecule has 0 aromatic rings. The quantitative estimate of drug-likeness (QED) is 0.801. The van der Waals surface area contributed by atoms with Gasteiger partial charge in [-0.2, -0.15) is 0 Å². The third-order valence-corrected chi connectivity index (χ3v) is 5.03. The Hall–Kier alpha value is -0.120. The molecule has 1 saturated heterocycles. The van der Waals surface area contributed by atoms with Gasteiger partial charge in [0.1, 0.15) is 0 Å². The molecule has 1 N–H and O–H groups in total. The van der Waals surface area contributed by atoms with Gasteiger partial charge in [0.25, 0.3) is 0 Å². The Morgan fingerprint density at radius 1 is 1.26 bits per heavy atom. The minimum absolute atomic E-state index is 0.485. The second-order valence-electron chi connectivity index (χ2n) is 7.04. The number of hydrogen-bond acceptors (Lipinski definition) is 3. The van der Waals surface area contributed by atoms with Crippen LogP contribution in [0.3, 0.4) is 0 Å². The molecule has 1 atom stereocenters. The topological polar surface area (TPSA) is 24.5 Å². The lowest BCUT2D eigenvalue weighted by Crippen LogP contribution is -2.46. The van der Waals surface area contributed by atoms with Crippen LogP contribution in [0.4, 0.5) is 0 Å². The molecular weight excluding hydrogens is 236 g/mol. The van der Waals surface area contributed by atoms with Gasteiger partial charge >= 0.3 is 0 Å². The van der Waals surface area contributed by atoms with Crippen LogP contribution in [0.2, 0.25) is 0 Å². The summed E-state index contributed by atoms with van der Waals surface area (Å²) in [6, 6.07) is 0. The molecule has 2 rings (SSSR count). The summed E-state index contributed by atoms with van der Waals surface area (Å²) in [4.78, 5) is 2.52. The van der Waals surface area contributed by atoms with E-state index in [0.717, 1.165) is 25.6 Å². The van der Waals surface area contributed by atoms with Crippen LogP contribution in [0.5, 0.6) is 0 Å². The van der Waals surface area contributed by atoms with Crippen molar-refractivity contribution in [2.24, 2.45) is 11.3 Å². The molecule has 112 valence electrons. The molecule has 1 saturated carbocycles. The highest BCUT2D eigenvalue weighted by Crippen LogP contribution is 2.39. The van der Waals surface area contributed by atoms with Crippen molar-refractivity contribution >= 4 is 0 Å². The van der Waals surface area contributed by atoms with E-state index in [2.05, 4.69) is 31.2 Å². The Morgan fingerprint density at radius 2 is 2.00 bits per heavy atom. The average Bonchev–Trinajstić information content (AvgIpc) is 2.86. The van der Waals surface area contributed by atoms with Crippen LogP contribution in [0, 0.1) is 11.3 Å². The third kappa shape index (κ3) is 4.44. The minimum atomic E-state index is 0.485. The highest BCUT2D eigenvalue weighted by molar-refractivity contribution is 4.89. The molecule has 2 aliphatic rings. The maximum Gasteiger partial charge on any atom is 0.0702 e. The van der Waals surface area contributed by atoms with Crippen molar-refractivity contribution in [3.05, 3.63) is 0 Å². The molecule has 0 aromatic carbocycles. The summed E-state index contributed by atoms with van der Waals surface area (Å²) in [5.74, 6) is 0.924. The predicted molar refractivity (Wildman–Crippen MR) is 80.5 cm³/mol. The van der Waals surface area contributed by atoms with Crippen molar-refractivity contribution in [1.82, 2.24) is 10.2 Å². The fraction of sp³-hybridized carbons (Fsp3) is 1.00. The van der Waals surface area contributed by atoms with Gasteiger partial charge in [0.15, 0.2) is 0 Å². The molecule has 0 aromatic heterocycles. The second-order valence-corrected chi connectivity index (χ2v) is 7.04. The van der Waals surface area contributed by atoms with Crippen LogP contribution in [-0.2, 0) is 4.74 Å². The first-order chi connectivity index (χ1) is 9.13. The van der Waals surface area contributed by atoms with Crippen molar-refractivity contribution in [2.75, 3.05) is 40.3 Å². The molecule has 1 unspecified atom stereocenters. The average molecular weight is 268 g/mol. The first-order valence-corrected chi connectivity index (χ1v) is 8.08. The van der Waals surface area contributed by atoms with Crippen molar-refractivity contribution in [3.63, 3.8) is 0 Å². The third-order valence-electron chi connectivity index (χ3n) is 5.03. The van der Waals surface area contributed by atoms with Gasteiger partial charge in [-0.25, -0.2) is 0 Å². The lowest BCUT2D eigenvalue weighted by Gasteiger charge is -2.42. The lowest BCUT2D eigenvalue weighted by molar-refractivity contribution is 0.0495. The van der Waals surface area contributed by atoms with Crippen LogP contribution < -0.4 is 5.32 Å². The number of hydrogen-bond donors (Lipinski definition) is 1. The molecule has 1 aliphatic heterocycles. The van der Waals surface area contributed by atoms with Crippen molar-refractivity contribution in [1.29, 1.82) is 0 Å². The van der Waals surface area contributed by atoms with E-state index < -0.39 is 0 Å². The number of likely N-dealkylation sites (N-methyl/N-ethyl adjacent to an activating group) is 1. The molecule has 0 spiro atoms. The van der Waals surface area contributed by atoms with E-state index in [9.17, 15) is 0 Å². The number of nitrogens with one attached hydrogen (secondary N) is 1. The van der Waals surface area contributed by atoms with E-state index >= 15 is 0 Å². The smallest absolute Gasteiger partial charge is 0.0702 e. The molecule has 3 heteroatoms. The standard InChI is InChI=1S/C16H32N2O/c1-14-6-8-16(9-7-14,12-17-2)13-18(3)11-15-5-4-10-19-15/h14-15,17H,4-13H2,1-3H3. The van der Waals surface area contributed by atoms with Crippen molar-refractivity contribution in [3.8, 4) is 0 Å². The lowest BCUT2D eigenvalue weighted by atomic mass is 9.70. The van der Waals surface area contributed by atoms with Crippen molar-refractivity contribution in [2.45, 2.75) is 51.6 Å². The molecule has 19 heavy (non-hydrogen) atoms. The largest absolute Gasteiger partial charge is 0.377 e. The van der Waals surface area contributed by atoms with Gasteiger partial charge in [0.2, 0.25) is 0 Å². The van der Waals surface area contributed by atoms with Gasteiger partial charge in [-0.3, -0.25) is 0 Å². The van der Waals surface area contributed by atoms with E-state index in [0.29, 0.717) is 11.5 Å². The molecular formula is C16H32N2O. The molecule has 0 amide bonds. The maximum atomic E-state index is 5.77. The molecule has 1 aliphatic carbocycles. The van der Waals surface area contributed by atoms with Crippen LogP contribution >= 0.6 is 0 Å². The highest BCUT2D eigenvalue weighted by atomic mass is 16.5. The van der Waals surface area contributed by atoms with E-state index in [1.54, 1.807) is 0 Å². The van der Waals surface area contributed by atoms with E-state index in [4.69, 9.17) is 4.74 Å². The van der Waals surface area contributed by atoms with E-state index in [-0.39, 0.29) is 0 Å². The fourth-order valence-corrected chi connectivity index (χ4v) is 3.91. The summed E-state index contributed by atoms with van der Waals surface area (Å²) in [7, 11) is 4.37. The normalized spacial score (nSPS) is 36.0. The van der Waals surface area contributed by atoms with E-state index in [1.807, 2.05) is 0 Å². The monoisotopic (exact) mass is 268 g/mol. The zero-order valence-electron chi connectivity index (χ0n) is 13.1. The summed E-state index contributed by atoms with van der Waals surface area (Å²) in [6.45, 7) is 6.87. The zero-order valence-corrected chi connectivity index (χ0v) is 13.1. The first kappa shape index (κ1) is 15.3. The number of ether oxygens (including phenoxy) is 1. The molecule has 2 fully saturated rings. The number of nitrogens with zero attached hydrogens (tertiary/aromatic N) is 1. The van der Waals surface area contributed by atoms with Gasteiger partial charge in [-0.05, 0) is 51.1 Å². The van der Waals surface area contributed by atoms with Crippen LogP contribution in [0.25, 0.3) is 0 Å². The van der Waals surface area contributed by atoms with E-state index in [1.165, 1.54) is 45.1 Å². The minimum Gasteiger partial charge on any atom is -0.377 e. The molecule has 0 radical (unpaired) electrons. The Bertz CT molecular complexity index is 255. The Labute approximate surface area is 119 Å². The van der Waals surface area contributed by atoms with Crippen molar-refractivity contribution < 1.29 is 4.74 Å². The summed E-state index contributed by atoms with van der Waals surface area (Å²) < 4.78 is 5.77. The molecule has 0 bridgehead atoms. The molecule has 3 nitrogen and oxygen atoms in total. The summed E-state index contributed by atoms with van der Waals surface area (Å²) in [5.41, 5.74) is 0.495. The summed E-state index contributed by atoms with van der Waals surface area (Å²) in [6.07, 6.45) is 8.54. The highest BCUT2D eigenvalue weighted by Gasteiger charge is 2.35. The van der Waals surface area contributed by atoms with Crippen LogP contribution in [-0.4, -0.2) is 51.3 Å². The van der Waals surface area contributed by atoms with Gasteiger partial charge < -0.3 is 15.0 Å². The Morgan fingerprint density at radius 3 is 2.58 bits per heavy atom. The van der Waals surface area contributed by atoms with Gasteiger partial charge in [-0.1, -0.05) is 19.8 Å². The SMILES string of the molecule is CNCC1(CN(C)CC2CCCO2)CCC(C)CC1. The fourth-order valence-electron chi connectivity index (χ4n) is 3.91. The van der Waals surface area contributed by atoms with Crippen LogP contribution in [0.1, 0.15) is 45.4 Å². The maximum absolute atomic E-state index is 5.77. The molecule has 1 heterocycles. The van der Waals surface area contributed by atoms with Gasteiger partial charge in [-0.15, -0.1) is 0 Å². The van der Waals surface area contributed by atoms with Gasteiger partial charge in [0, 0.05) is 26.2 Å². The zero-order chi connectivity index (χ0) is 13.7. The predicted octanol–water partition coefficient (Wildman–Crippen LogP) is 2.51. The summed E-state index contributed by atoms with van der Waals surface area (Å²) >= 11 is 0. The Kier molecular flexibility index (Phi) is 5.67. The van der Waals surface area contributed by atoms with Gasteiger partial charge in [0.05, 0.1) is 6.10 Å². The first-order valence-electron chi connectivity index (χ1n) is 8.08. The second kappa shape index (κ2) is 7.05. The van der Waals surface area contributed by atoms with Crippen LogP contribution in [0.15, 0.2) is 0 Å². The summed E-state index contributed by atoms with van der Waals surface area (Å²) in [5, 5.41) is 3.43. The number of rotatable bonds is 6. The Balaban J connectivity index is 1.84.